The first kappa shape index (κ1) is 18.3. The van der Waals surface area contributed by atoms with Crippen molar-refractivity contribution in [2.45, 2.75) is 38.0 Å². The molecule has 1 unspecified atom stereocenters. The Labute approximate surface area is 144 Å². The van der Waals surface area contributed by atoms with Crippen LogP contribution in [0.2, 0.25) is 0 Å². The second-order valence-electron chi connectivity index (χ2n) is 6.80. The van der Waals surface area contributed by atoms with Crippen LogP contribution in [0.15, 0.2) is 30.7 Å². The van der Waals surface area contributed by atoms with Crippen molar-refractivity contribution in [3.05, 3.63) is 53.4 Å². The molecule has 0 amide bonds. The average Bonchev–Trinajstić information content (AvgIpc) is 2.92. The fourth-order valence-corrected chi connectivity index (χ4v) is 3.25. The summed E-state index contributed by atoms with van der Waals surface area (Å²) in [5, 5.41) is 8.92. The summed E-state index contributed by atoms with van der Waals surface area (Å²) < 4.78 is 31.3. The summed E-state index contributed by atoms with van der Waals surface area (Å²) in [5.41, 5.74) is 0.352. The van der Waals surface area contributed by atoms with Crippen LogP contribution in [-0.2, 0) is 23.6 Å². The van der Waals surface area contributed by atoms with Gasteiger partial charge in [-0.25, -0.2) is 18.3 Å². The molecular formula is C17H21FN4OS. The van der Waals surface area contributed by atoms with Crippen molar-refractivity contribution >= 4 is 11.0 Å². The summed E-state index contributed by atoms with van der Waals surface area (Å²) in [4.78, 5) is 4.12. The molecule has 0 aliphatic carbocycles. The number of rotatable bonds is 4. The van der Waals surface area contributed by atoms with E-state index in [9.17, 15) is 8.60 Å². The van der Waals surface area contributed by atoms with Gasteiger partial charge in [0.15, 0.2) is 0 Å². The molecular weight excluding hydrogens is 327 g/mol. The third-order valence-corrected chi connectivity index (χ3v) is 5.55. The molecule has 0 aliphatic heterocycles. The smallest absolute Gasteiger partial charge is 0.141 e. The lowest BCUT2D eigenvalue weighted by Gasteiger charge is -2.34. The fourth-order valence-electron chi connectivity index (χ4n) is 2.35. The van der Waals surface area contributed by atoms with Crippen molar-refractivity contribution in [2.75, 3.05) is 0 Å². The van der Waals surface area contributed by atoms with Gasteiger partial charge in [-0.05, 0) is 45.4 Å². The molecule has 0 saturated heterocycles. The monoisotopic (exact) mass is 348 g/mol. The molecule has 2 atom stereocenters. The Balaban J connectivity index is 2.60. The first-order valence-electron chi connectivity index (χ1n) is 7.46. The summed E-state index contributed by atoms with van der Waals surface area (Å²) in [6.45, 7) is 7.41. The Morgan fingerprint density at radius 1 is 1.33 bits per heavy atom. The van der Waals surface area contributed by atoms with Gasteiger partial charge in [0, 0.05) is 7.05 Å². The summed E-state index contributed by atoms with van der Waals surface area (Å²) in [6.07, 6.45) is 3.29. The molecule has 1 heterocycles. The van der Waals surface area contributed by atoms with Crippen LogP contribution in [0.25, 0.3) is 0 Å². The number of hydrogen-bond donors (Lipinski definition) is 1. The Bertz CT molecular complexity index is 819. The van der Waals surface area contributed by atoms with Gasteiger partial charge in [0.25, 0.3) is 0 Å². The molecule has 0 spiro atoms. The topological polar surface area (TPSA) is 70.7 Å². The van der Waals surface area contributed by atoms with Gasteiger partial charge >= 0.3 is 0 Å². The molecule has 1 N–H and O–H groups in total. The lowest BCUT2D eigenvalue weighted by Crippen LogP contribution is -2.47. The molecule has 0 radical (unpaired) electrons. The number of hydrogen-bond acceptors (Lipinski definition) is 3. The van der Waals surface area contributed by atoms with Gasteiger partial charge < -0.3 is 4.57 Å². The minimum atomic E-state index is -1.39. The maximum Gasteiger partial charge on any atom is 0.141 e. The SMILES string of the molecule is Cn1cncc1C(C)(N[S@](=O)C(C)(C)C)c1ccc(C#N)c(F)c1. The van der Waals surface area contributed by atoms with Crippen LogP contribution in [0.5, 0.6) is 0 Å². The van der Waals surface area contributed by atoms with Gasteiger partial charge in [0.05, 0.1) is 45.1 Å². The molecule has 2 rings (SSSR count). The number of nitrogens with zero attached hydrogens (tertiary/aromatic N) is 3. The highest BCUT2D eigenvalue weighted by atomic mass is 32.2. The summed E-state index contributed by atoms with van der Waals surface area (Å²) in [6, 6.07) is 6.22. The number of nitrogens with one attached hydrogen (secondary N) is 1. The highest BCUT2D eigenvalue weighted by molar-refractivity contribution is 7.84. The van der Waals surface area contributed by atoms with E-state index in [0.717, 1.165) is 5.69 Å². The largest absolute Gasteiger partial charge is 0.336 e. The normalized spacial score (nSPS) is 15.5. The molecule has 24 heavy (non-hydrogen) atoms. The van der Waals surface area contributed by atoms with Crippen LogP contribution in [0.1, 0.15) is 44.5 Å². The van der Waals surface area contributed by atoms with Crippen molar-refractivity contribution in [3.63, 3.8) is 0 Å². The van der Waals surface area contributed by atoms with Crippen LogP contribution in [0.4, 0.5) is 4.39 Å². The van der Waals surface area contributed by atoms with Gasteiger partial charge in [-0.15, -0.1) is 0 Å². The maximum absolute atomic E-state index is 14.1. The number of nitriles is 1. The highest BCUT2D eigenvalue weighted by Crippen LogP contribution is 2.31. The van der Waals surface area contributed by atoms with E-state index in [4.69, 9.17) is 5.26 Å². The lowest BCUT2D eigenvalue weighted by atomic mass is 9.89. The minimum Gasteiger partial charge on any atom is -0.336 e. The zero-order chi connectivity index (χ0) is 18.1. The van der Waals surface area contributed by atoms with E-state index in [0.29, 0.717) is 5.56 Å². The van der Waals surface area contributed by atoms with E-state index >= 15 is 0 Å². The van der Waals surface area contributed by atoms with Crippen molar-refractivity contribution in [3.8, 4) is 6.07 Å². The fraction of sp³-hybridized carbons (Fsp3) is 0.412. The van der Waals surface area contributed by atoms with Crippen LogP contribution in [-0.4, -0.2) is 18.5 Å². The van der Waals surface area contributed by atoms with Crippen molar-refractivity contribution in [2.24, 2.45) is 7.05 Å². The first-order chi connectivity index (χ1) is 11.1. The van der Waals surface area contributed by atoms with E-state index in [2.05, 4.69) is 9.71 Å². The quantitative estimate of drug-likeness (QED) is 0.923. The van der Waals surface area contributed by atoms with Crippen LogP contribution >= 0.6 is 0 Å². The lowest BCUT2D eigenvalue weighted by molar-refractivity contribution is 0.489. The molecule has 1 aromatic heterocycles. The number of halogens is 1. The minimum absolute atomic E-state index is 0.0250. The summed E-state index contributed by atoms with van der Waals surface area (Å²) in [5.74, 6) is -0.605. The molecule has 2 aromatic rings. The molecule has 5 nitrogen and oxygen atoms in total. The Kier molecular flexibility index (Phi) is 4.92. The molecule has 0 aliphatic rings. The molecule has 0 fully saturated rings. The van der Waals surface area contributed by atoms with Crippen LogP contribution < -0.4 is 4.72 Å². The third-order valence-electron chi connectivity index (χ3n) is 3.85. The van der Waals surface area contributed by atoms with Gasteiger partial charge in [0.1, 0.15) is 11.9 Å². The van der Waals surface area contributed by atoms with Gasteiger partial charge in [-0.1, -0.05) is 6.07 Å². The molecule has 0 saturated carbocycles. The number of aromatic nitrogens is 2. The van der Waals surface area contributed by atoms with Gasteiger partial charge in [0.2, 0.25) is 0 Å². The van der Waals surface area contributed by atoms with E-state index in [1.54, 1.807) is 23.2 Å². The van der Waals surface area contributed by atoms with Crippen molar-refractivity contribution in [1.29, 1.82) is 5.26 Å². The second kappa shape index (κ2) is 6.46. The van der Waals surface area contributed by atoms with E-state index in [1.165, 1.54) is 12.1 Å². The first-order valence-corrected chi connectivity index (χ1v) is 8.61. The second-order valence-corrected chi connectivity index (χ2v) is 8.77. The Hall–Kier alpha value is -2.04. The van der Waals surface area contributed by atoms with Crippen LogP contribution in [0, 0.1) is 17.1 Å². The highest BCUT2D eigenvalue weighted by Gasteiger charge is 2.36. The van der Waals surface area contributed by atoms with Crippen molar-refractivity contribution in [1.82, 2.24) is 14.3 Å². The Morgan fingerprint density at radius 2 is 2.00 bits per heavy atom. The zero-order valence-corrected chi connectivity index (χ0v) is 15.2. The van der Waals surface area contributed by atoms with Gasteiger partial charge in [-0.2, -0.15) is 5.26 Å². The van der Waals surface area contributed by atoms with Crippen LogP contribution in [0.3, 0.4) is 0 Å². The van der Waals surface area contributed by atoms with Crippen molar-refractivity contribution < 1.29 is 8.60 Å². The molecule has 0 bridgehead atoms. The van der Waals surface area contributed by atoms with Gasteiger partial charge in [-0.3, -0.25) is 0 Å². The Morgan fingerprint density at radius 3 is 2.46 bits per heavy atom. The standard InChI is InChI=1S/C17H21FN4OS/c1-16(2,3)24(23)21-17(4,15-10-20-11-22(15)5)13-7-6-12(9-19)14(18)8-13/h6-8,10-11,21H,1-5H3/t17?,24-/m1/s1. The predicted molar refractivity (Wildman–Crippen MR) is 91.8 cm³/mol. The number of imidazole rings is 1. The summed E-state index contributed by atoms with van der Waals surface area (Å²) >= 11 is 0. The third kappa shape index (κ3) is 3.40. The summed E-state index contributed by atoms with van der Waals surface area (Å²) in [7, 11) is 0.429. The maximum atomic E-state index is 14.1. The molecule has 1 aromatic carbocycles. The predicted octanol–water partition coefficient (Wildman–Crippen LogP) is 2.75. The molecule has 7 heteroatoms. The number of benzene rings is 1. The van der Waals surface area contributed by atoms with E-state index < -0.39 is 27.1 Å². The average molecular weight is 348 g/mol. The van der Waals surface area contributed by atoms with E-state index in [-0.39, 0.29) is 5.56 Å². The zero-order valence-electron chi connectivity index (χ0n) is 14.4. The number of aryl methyl sites for hydroxylation is 1. The van der Waals surface area contributed by atoms with E-state index in [1.807, 2.05) is 40.8 Å². The molecule has 128 valence electrons.